The summed E-state index contributed by atoms with van der Waals surface area (Å²) >= 11 is 0. The van der Waals surface area contributed by atoms with Crippen molar-refractivity contribution in [3.63, 3.8) is 0 Å². The fraction of sp³-hybridized carbons (Fsp3) is 0.476. The number of aliphatic imine (C=N–C) groups is 1. The van der Waals surface area contributed by atoms with Crippen molar-refractivity contribution in [3.05, 3.63) is 54.0 Å². The fourth-order valence-corrected chi connectivity index (χ4v) is 4.13. The monoisotopic (exact) mass is 433 g/mol. The summed E-state index contributed by atoms with van der Waals surface area (Å²) in [6.07, 6.45) is 5.42. The molecule has 4 N–H and O–H groups in total. The molecule has 1 atom stereocenters. The van der Waals surface area contributed by atoms with Crippen LogP contribution in [0.1, 0.15) is 43.6 Å². The smallest absolute Gasteiger partial charge is 0.238 e. The van der Waals surface area contributed by atoms with E-state index >= 15 is 0 Å². The first-order valence-corrected chi connectivity index (χ1v) is 11.9. The molecular weight excluding hydrogens is 402 g/mol. The number of sulfonamides is 1. The molecule has 9 heteroatoms. The van der Waals surface area contributed by atoms with Crippen molar-refractivity contribution in [1.82, 2.24) is 15.5 Å². The van der Waals surface area contributed by atoms with E-state index in [1.807, 2.05) is 19.1 Å². The standard InChI is InChI=1S/C21H31N5O3S/c1-2-23-21(24-15-17-8-10-18(11-9-17)30(22,27)28)25-16-19(20-7-6-14-29-20)26-12-4-3-5-13-26/h6-11,14,19H,2-5,12-13,15-16H2,1H3,(H2,22,27,28)(H2,23,24,25). The average Bonchev–Trinajstić information content (AvgIpc) is 3.27. The van der Waals surface area contributed by atoms with Crippen LogP contribution in [-0.2, 0) is 16.6 Å². The SMILES string of the molecule is CCNC(=NCc1ccc(S(N)(=O)=O)cc1)NCC(c1ccco1)N1CCCCC1. The predicted molar refractivity (Wildman–Crippen MR) is 118 cm³/mol. The van der Waals surface area contributed by atoms with Crippen molar-refractivity contribution in [2.45, 2.75) is 43.7 Å². The number of nitrogens with two attached hydrogens (primary N) is 1. The average molecular weight is 434 g/mol. The molecule has 1 aliphatic rings. The second kappa shape index (κ2) is 10.6. The van der Waals surface area contributed by atoms with Gasteiger partial charge < -0.3 is 15.1 Å². The summed E-state index contributed by atoms with van der Waals surface area (Å²) in [7, 11) is -3.68. The molecule has 164 valence electrons. The third-order valence-electron chi connectivity index (χ3n) is 5.18. The first-order chi connectivity index (χ1) is 14.5. The van der Waals surface area contributed by atoms with Crippen molar-refractivity contribution < 1.29 is 12.8 Å². The molecule has 1 aromatic heterocycles. The second-order valence-electron chi connectivity index (χ2n) is 7.39. The van der Waals surface area contributed by atoms with E-state index in [1.165, 1.54) is 31.4 Å². The van der Waals surface area contributed by atoms with Gasteiger partial charge in [0, 0.05) is 13.1 Å². The molecule has 0 spiro atoms. The molecule has 2 aromatic rings. The van der Waals surface area contributed by atoms with Crippen molar-refractivity contribution in [1.29, 1.82) is 0 Å². The Hall–Kier alpha value is -2.36. The summed E-state index contributed by atoms with van der Waals surface area (Å²) in [5, 5.41) is 11.9. The van der Waals surface area contributed by atoms with Crippen molar-refractivity contribution in [3.8, 4) is 0 Å². The van der Waals surface area contributed by atoms with Crippen LogP contribution in [0.3, 0.4) is 0 Å². The van der Waals surface area contributed by atoms with Crippen LogP contribution >= 0.6 is 0 Å². The number of nitrogens with zero attached hydrogens (tertiary/aromatic N) is 2. The Labute approximate surface area is 178 Å². The van der Waals surface area contributed by atoms with Gasteiger partial charge in [0.15, 0.2) is 5.96 Å². The Morgan fingerprint density at radius 1 is 1.17 bits per heavy atom. The predicted octanol–water partition coefficient (Wildman–Crippen LogP) is 2.21. The number of likely N-dealkylation sites (tertiary alicyclic amines) is 1. The number of primary sulfonamides is 1. The van der Waals surface area contributed by atoms with Gasteiger partial charge >= 0.3 is 0 Å². The van der Waals surface area contributed by atoms with Gasteiger partial charge in [-0.15, -0.1) is 0 Å². The van der Waals surface area contributed by atoms with Gasteiger partial charge in [-0.25, -0.2) is 18.5 Å². The first-order valence-electron chi connectivity index (χ1n) is 10.4. The summed E-state index contributed by atoms with van der Waals surface area (Å²) in [6, 6.07) is 10.6. The first kappa shape index (κ1) is 22.3. The van der Waals surface area contributed by atoms with E-state index in [0.717, 1.165) is 31.0 Å². The lowest BCUT2D eigenvalue weighted by Gasteiger charge is -2.33. The van der Waals surface area contributed by atoms with Crippen LogP contribution in [-0.4, -0.2) is 45.5 Å². The highest BCUT2D eigenvalue weighted by Crippen LogP contribution is 2.24. The van der Waals surface area contributed by atoms with Gasteiger partial charge in [0.1, 0.15) is 5.76 Å². The van der Waals surface area contributed by atoms with Crippen LogP contribution in [0.25, 0.3) is 0 Å². The second-order valence-corrected chi connectivity index (χ2v) is 8.95. The molecule has 8 nitrogen and oxygen atoms in total. The summed E-state index contributed by atoms with van der Waals surface area (Å²) in [5.74, 6) is 1.67. The van der Waals surface area contributed by atoms with Crippen LogP contribution in [0, 0.1) is 0 Å². The molecule has 0 aliphatic carbocycles. The zero-order chi connectivity index (χ0) is 21.4. The molecule has 0 amide bonds. The number of nitrogens with one attached hydrogen (secondary N) is 2. The minimum Gasteiger partial charge on any atom is -0.468 e. The maximum atomic E-state index is 11.4. The third kappa shape index (κ3) is 6.32. The lowest BCUT2D eigenvalue weighted by atomic mass is 10.1. The van der Waals surface area contributed by atoms with Gasteiger partial charge in [0.25, 0.3) is 0 Å². The zero-order valence-electron chi connectivity index (χ0n) is 17.4. The van der Waals surface area contributed by atoms with Gasteiger partial charge in [-0.1, -0.05) is 18.6 Å². The van der Waals surface area contributed by atoms with E-state index < -0.39 is 10.0 Å². The number of rotatable bonds is 8. The van der Waals surface area contributed by atoms with E-state index in [-0.39, 0.29) is 10.9 Å². The third-order valence-corrected chi connectivity index (χ3v) is 6.11. The Morgan fingerprint density at radius 2 is 1.90 bits per heavy atom. The topological polar surface area (TPSA) is 113 Å². The molecular formula is C21H31N5O3S. The molecule has 2 heterocycles. The normalized spacial score (nSPS) is 16.9. The van der Waals surface area contributed by atoms with Crippen LogP contribution in [0.4, 0.5) is 0 Å². The molecule has 0 saturated carbocycles. The lowest BCUT2D eigenvalue weighted by molar-refractivity contribution is 0.146. The zero-order valence-corrected chi connectivity index (χ0v) is 18.2. The van der Waals surface area contributed by atoms with Crippen molar-refractivity contribution in [2.24, 2.45) is 10.1 Å². The van der Waals surface area contributed by atoms with Gasteiger partial charge in [-0.2, -0.15) is 0 Å². The number of furan rings is 1. The Balaban J connectivity index is 1.66. The molecule has 1 saturated heterocycles. The molecule has 1 aromatic carbocycles. The molecule has 1 aliphatic heterocycles. The fourth-order valence-electron chi connectivity index (χ4n) is 3.61. The van der Waals surface area contributed by atoms with E-state index in [1.54, 1.807) is 18.4 Å². The van der Waals surface area contributed by atoms with E-state index in [0.29, 0.717) is 19.0 Å². The number of hydrogen-bond acceptors (Lipinski definition) is 5. The van der Waals surface area contributed by atoms with E-state index in [2.05, 4.69) is 20.5 Å². The summed E-state index contributed by atoms with van der Waals surface area (Å²) in [6.45, 7) is 6.01. The largest absolute Gasteiger partial charge is 0.468 e. The van der Waals surface area contributed by atoms with Crippen molar-refractivity contribution in [2.75, 3.05) is 26.2 Å². The summed E-state index contributed by atoms with van der Waals surface area (Å²) in [5.41, 5.74) is 0.901. The number of hydrogen-bond donors (Lipinski definition) is 3. The Bertz CT molecular complexity index is 905. The van der Waals surface area contributed by atoms with Crippen LogP contribution in [0.15, 0.2) is 57.0 Å². The number of benzene rings is 1. The minimum absolute atomic E-state index is 0.100. The quantitative estimate of drug-likeness (QED) is 0.435. The maximum Gasteiger partial charge on any atom is 0.238 e. The van der Waals surface area contributed by atoms with Gasteiger partial charge in [0.05, 0.1) is 23.7 Å². The highest BCUT2D eigenvalue weighted by Gasteiger charge is 2.24. The lowest BCUT2D eigenvalue weighted by Crippen LogP contribution is -2.44. The van der Waals surface area contributed by atoms with E-state index in [9.17, 15) is 8.42 Å². The van der Waals surface area contributed by atoms with Crippen LogP contribution in [0.5, 0.6) is 0 Å². The van der Waals surface area contributed by atoms with Gasteiger partial charge in [-0.3, -0.25) is 4.90 Å². The van der Waals surface area contributed by atoms with Crippen LogP contribution in [0.2, 0.25) is 0 Å². The highest BCUT2D eigenvalue weighted by atomic mass is 32.2. The van der Waals surface area contributed by atoms with Crippen LogP contribution < -0.4 is 15.8 Å². The summed E-state index contributed by atoms with van der Waals surface area (Å²) in [4.78, 5) is 7.20. The molecule has 1 fully saturated rings. The van der Waals surface area contributed by atoms with Gasteiger partial charge in [-0.05, 0) is 62.7 Å². The van der Waals surface area contributed by atoms with Gasteiger partial charge in [0.2, 0.25) is 10.0 Å². The summed E-state index contributed by atoms with van der Waals surface area (Å²) < 4.78 is 28.5. The Kier molecular flexibility index (Phi) is 7.89. The van der Waals surface area contributed by atoms with Crippen molar-refractivity contribution >= 4 is 16.0 Å². The highest BCUT2D eigenvalue weighted by molar-refractivity contribution is 7.89. The minimum atomic E-state index is -3.68. The molecule has 3 rings (SSSR count). The molecule has 0 radical (unpaired) electrons. The maximum absolute atomic E-state index is 11.4. The Morgan fingerprint density at radius 3 is 2.50 bits per heavy atom. The number of guanidine groups is 1. The molecule has 30 heavy (non-hydrogen) atoms. The molecule has 1 unspecified atom stereocenters. The molecule has 0 bridgehead atoms. The van der Waals surface area contributed by atoms with E-state index in [4.69, 9.17) is 9.56 Å². The number of piperidine rings is 1.